The summed E-state index contributed by atoms with van der Waals surface area (Å²) < 4.78 is 33.6. The van der Waals surface area contributed by atoms with Crippen LogP contribution in [0.2, 0.25) is 0 Å². The van der Waals surface area contributed by atoms with Crippen LogP contribution in [0.5, 0.6) is 11.5 Å². The van der Waals surface area contributed by atoms with Crippen LogP contribution in [0, 0.1) is 0 Å². The number of hydrazine groups is 1. The molecule has 1 atom stereocenters. The summed E-state index contributed by atoms with van der Waals surface area (Å²) in [6.45, 7) is 0.0909. The first-order valence-electron chi connectivity index (χ1n) is 14.4. The van der Waals surface area contributed by atoms with Crippen molar-refractivity contribution < 1.29 is 28.2 Å². The van der Waals surface area contributed by atoms with Crippen LogP contribution in [0.25, 0.3) is 0 Å². The van der Waals surface area contributed by atoms with Crippen molar-refractivity contribution in [1.82, 2.24) is 9.42 Å². The number of carbonyl (C=O) groups excluding carboxylic acids is 1. The molecule has 0 saturated carbocycles. The quantitative estimate of drug-likeness (QED) is 0.224. The predicted molar refractivity (Wildman–Crippen MR) is 165 cm³/mol. The van der Waals surface area contributed by atoms with Gasteiger partial charge in [0.1, 0.15) is 17.0 Å². The van der Waals surface area contributed by atoms with Crippen LogP contribution in [0.1, 0.15) is 65.6 Å². The van der Waals surface area contributed by atoms with E-state index in [0.717, 1.165) is 28.6 Å². The Hall–Kier alpha value is -3.93. The van der Waals surface area contributed by atoms with E-state index in [1.165, 1.54) is 5.01 Å². The number of ether oxygens (including phenoxy) is 1. The highest BCUT2D eigenvalue weighted by Gasteiger charge is 2.58. The maximum absolute atomic E-state index is 14.3. The monoisotopic (exact) mass is 605 g/mol. The van der Waals surface area contributed by atoms with E-state index >= 15 is 0 Å². The topological polar surface area (TPSA) is 117 Å². The van der Waals surface area contributed by atoms with Crippen molar-refractivity contribution in [3.05, 3.63) is 82.9 Å². The number of aliphatic carboxylic acids is 1. The van der Waals surface area contributed by atoms with Crippen LogP contribution in [0.3, 0.4) is 0 Å². The number of benzene rings is 3. The lowest BCUT2D eigenvalue weighted by molar-refractivity contribution is -0.137. The summed E-state index contributed by atoms with van der Waals surface area (Å²) in [5, 5.41) is 10.3. The van der Waals surface area contributed by atoms with E-state index in [4.69, 9.17) is 9.84 Å². The summed E-state index contributed by atoms with van der Waals surface area (Å²) >= 11 is -2.77. The van der Waals surface area contributed by atoms with Crippen molar-refractivity contribution in [3.63, 3.8) is 0 Å². The lowest BCUT2D eigenvalue weighted by atomic mass is 9.75. The van der Waals surface area contributed by atoms with Gasteiger partial charge >= 0.3 is 5.97 Å². The fraction of sp³-hybridized carbons (Fsp3) is 0.375. The van der Waals surface area contributed by atoms with E-state index in [9.17, 15) is 18.4 Å². The molecule has 3 aromatic rings. The Balaban J connectivity index is 1.65. The van der Waals surface area contributed by atoms with E-state index in [1.807, 2.05) is 86.5 Å². The first-order valence-corrected chi connectivity index (χ1v) is 15.4. The van der Waals surface area contributed by atoms with Crippen molar-refractivity contribution in [1.29, 1.82) is 0 Å². The minimum atomic E-state index is -2.77. The average molecular weight is 606 g/mol. The molecule has 1 spiro atoms. The molecule has 0 aliphatic carbocycles. The van der Waals surface area contributed by atoms with Gasteiger partial charge in [0.25, 0.3) is 5.91 Å². The first-order chi connectivity index (χ1) is 20.6. The molecular weight excluding hydrogens is 568 g/mol. The number of amides is 1. The normalized spacial score (nSPS) is 15.1. The molecule has 2 aliphatic heterocycles. The molecule has 5 rings (SSSR count). The molecule has 2 heterocycles. The number of rotatable bonds is 12. The molecule has 3 aromatic carbocycles. The summed E-state index contributed by atoms with van der Waals surface area (Å²) in [5.74, 6) is -0.149. The Morgan fingerprint density at radius 1 is 0.860 bits per heavy atom. The molecule has 10 nitrogen and oxygen atoms in total. The Morgan fingerprint density at radius 3 is 1.98 bits per heavy atom. The summed E-state index contributed by atoms with van der Waals surface area (Å²) in [6, 6.07) is 18.9. The summed E-state index contributed by atoms with van der Waals surface area (Å²) in [7, 11) is 7.73. The van der Waals surface area contributed by atoms with Crippen LogP contribution in [0.15, 0.2) is 60.7 Å². The van der Waals surface area contributed by atoms with Crippen molar-refractivity contribution in [3.8, 4) is 11.5 Å². The molecule has 0 radical (unpaired) electrons. The van der Waals surface area contributed by atoms with Crippen LogP contribution >= 0.6 is 0 Å². The molecule has 0 aromatic heterocycles. The summed E-state index contributed by atoms with van der Waals surface area (Å²) in [5.41, 5.74) is 2.96. The van der Waals surface area contributed by atoms with Gasteiger partial charge in [0.15, 0.2) is 0 Å². The maximum Gasteiger partial charge on any atom is 0.303 e. The summed E-state index contributed by atoms with van der Waals surface area (Å²) in [6.07, 6.45) is 3.41. The number of unbranched alkanes of at least 4 members (excludes halogenated alkanes) is 4. The molecule has 1 N–H and O–H groups in total. The molecular formula is C32H37N4O6S-. The number of hydrogen-bond acceptors (Lipinski definition) is 7. The molecule has 1 amide bonds. The number of anilines is 2. The van der Waals surface area contributed by atoms with Gasteiger partial charge in [-0.15, -0.1) is 4.41 Å². The minimum absolute atomic E-state index is 0.0909. The molecule has 11 heteroatoms. The van der Waals surface area contributed by atoms with Crippen molar-refractivity contribution in [2.75, 3.05) is 44.5 Å². The highest BCUT2D eigenvalue weighted by atomic mass is 32.2. The highest BCUT2D eigenvalue weighted by molar-refractivity contribution is 7.76. The Bertz CT molecular complexity index is 1500. The molecule has 43 heavy (non-hydrogen) atoms. The first kappa shape index (κ1) is 30.5. The van der Waals surface area contributed by atoms with E-state index in [1.54, 1.807) is 12.1 Å². The third kappa shape index (κ3) is 5.48. The van der Waals surface area contributed by atoms with Crippen LogP contribution in [-0.4, -0.2) is 69.9 Å². The second-order valence-corrected chi connectivity index (χ2v) is 12.2. The molecule has 1 unspecified atom stereocenters. The van der Waals surface area contributed by atoms with E-state index in [0.29, 0.717) is 53.0 Å². The highest BCUT2D eigenvalue weighted by Crippen LogP contribution is 2.58. The van der Waals surface area contributed by atoms with Gasteiger partial charge in [0, 0.05) is 98.2 Å². The summed E-state index contributed by atoms with van der Waals surface area (Å²) in [4.78, 5) is 29.1. The molecule has 0 fully saturated rings. The Kier molecular flexibility index (Phi) is 8.77. The number of carboxylic acids is 1. The zero-order valence-corrected chi connectivity index (χ0v) is 25.7. The van der Waals surface area contributed by atoms with Gasteiger partial charge in [0.2, 0.25) is 0 Å². The van der Waals surface area contributed by atoms with Crippen LogP contribution in [-0.2, 0) is 21.6 Å². The van der Waals surface area contributed by atoms with Crippen molar-refractivity contribution in [2.24, 2.45) is 0 Å². The van der Waals surface area contributed by atoms with Gasteiger partial charge < -0.3 is 24.2 Å². The van der Waals surface area contributed by atoms with Gasteiger partial charge in [-0.1, -0.05) is 49.6 Å². The molecule has 0 bridgehead atoms. The molecule has 228 valence electrons. The number of nitrogens with zero attached hydrogens (tertiary/aromatic N) is 4. The smallest absolute Gasteiger partial charge is 0.303 e. The fourth-order valence-electron chi connectivity index (χ4n) is 6.06. The zero-order chi connectivity index (χ0) is 30.9. The maximum atomic E-state index is 14.3. The molecule has 0 saturated heterocycles. The number of carboxylic acid groups (broad SMARTS) is 1. The van der Waals surface area contributed by atoms with E-state index < -0.39 is 28.7 Å². The van der Waals surface area contributed by atoms with Gasteiger partial charge in [-0.25, -0.2) is 5.01 Å². The third-order valence-electron chi connectivity index (χ3n) is 8.16. The van der Waals surface area contributed by atoms with Crippen LogP contribution in [0.4, 0.5) is 11.4 Å². The zero-order valence-electron chi connectivity index (χ0n) is 24.9. The number of fused-ring (bicyclic) bond motifs is 6. The fourth-order valence-corrected chi connectivity index (χ4v) is 6.66. The van der Waals surface area contributed by atoms with Gasteiger partial charge in [-0.05, 0) is 31.0 Å². The lowest BCUT2D eigenvalue weighted by Gasteiger charge is -2.48. The Labute approximate surface area is 254 Å². The van der Waals surface area contributed by atoms with Crippen molar-refractivity contribution in [2.45, 2.75) is 44.1 Å². The number of carbonyl (C=O) groups is 2. The largest absolute Gasteiger partial charge is 0.758 e. The second-order valence-electron chi connectivity index (χ2n) is 11.3. The van der Waals surface area contributed by atoms with Gasteiger partial charge in [-0.2, -0.15) is 0 Å². The second kappa shape index (κ2) is 12.4. The minimum Gasteiger partial charge on any atom is -0.758 e. The van der Waals surface area contributed by atoms with Crippen LogP contribution < -0.4 is 14.5 Å². The lowest BCUT2D eigenvalue weighted by Crippen LogP contribution is -2.56. The Morgan fingerprint density at radius 2 is 1.42 bits per heavy atom. The third-order valence-corrected chi connectivity index (χ3v) is 8.85. The van der Waals surface area contributed by atoms with Gasteiger partial charge in [0.05, 0.1) is 0 Å². The molecule has 2 aliphatic rings. The predicted octanol–water partition coefficient (Wildman–Crippen LogP) is 5.11. The average Bonchev–Trinajstić information content (AvgIpc) is 3.22. The SMILES string of the molecule is CN(C)c1ccc2c(c1)Oc1cc(N(C)C)ccc1C21c2ccccc2C(=O)N1N(CCCCCCCC(=O)O)S(=O)[O-]. The van der Waals surface area contributed by atoms with Gasteiger partial charge in [-0.3, -0.25) is 13.8 Å². The van der Waals surface area contributed by atoms with E-state index in [-0.39, 0.29) is 13.0 Å². The van der Waals surface area contributed by atoms with Crippen molar-refractivity contribution >= 4 is 34.5 Å². The standard InChI is InChI=1S/C32H38N4O6S/c1-33(2)22-15-17-26-28(20-22)42-29-21-23(34(3)4)16-18-27(29)32(26)25-13-10-9-12-24(25)31(39)36(32)35(43(40)41)19-11-7-5-6-8-14-30(37)38/h9-10,12-13,15-18,20-21H,5-8,11,14,19H2,1-4H3,(H,37,38)(H,40,41)/p-1. The van der Waals surface area contributed by atoms with E-state index in [2.05, 4.69) is 0 Å². The number of hydrogen-bond donors (Lipinski definition) is 1.